The summed E-state index contributed by atoms with van der Waals surface area (Å²) in [6.45, 7) is 30.7. The quantitative estimate of drug-likeness (QED) is 0.109. The third kappa shape index (κ3) is 11.7. The van der Waals surface area contributed by atoms with Crippen molar-refractivity contribution in [3.8, 4) is 0 Å². The van der Waals surface area contributed by atoms with Gasteiger partial charge in [0.05, 0.1) is 67.5 Å². The molecule has 22 heteroatoms. The van der Waals surface area contributed by atoms with Crippen LogP contribution in [0.2, 0.25) is 0 Å². The maximum atomic E-state index is 12.2. The van der Waals surface area contributed by atoms with Crippen LogP contribution in [0.4, 0.5) is 0 Å². The number of carbonyl (C=O) groups is 10. The number of thioether (sulfide) groups is 1. The number of esters is 10. The lowest BCUT2D eigenvalue weighted by Gasteiger charge is -2.44. The van der Waals surface area contributed by atoms with Crippen molar-refractivity contribution < 1.29 is 100 Å². The Labute approximate surface area is 545 Å². The summed E-state index contributed by atoms with van der Waals surface area (Å²) in [5.41, 5.74) is -2.67. The van der Waals surface area contributed by atoms with E-state index in [-0.39, 0.29) is 172 Å². The summed E-state index contributed by atoms with van der Waals surface area (Å²) < 4.78 is 60.9. The first-order valence-corrected chi connectivity index (χ1v) is 35.4. The van der Waals surface area contributed by atoms with Crippen LogP contribution in [0.1, 0.15) is 201 Å². The number of carbonyl (C=O) groups excluding carboxylic acids is 10. The molecule has 12 bridgehead atoms. The summed E-state index contributed by atoms with van der Waals surface area (Å²) in [7, 11) is 0. The van der Waals surface area contributed by atoms with Gasteiger partial charge in [-0.25, -0.2) is 0 Å². The minimum atomic E-state index is -0.510. The highest BCUT2D eigenvalue weighted by molar-refractivity contribution is 8.01. The van der Waals surface area contributed by atoms with Gasteiger partial charge in [0.1, 0.15) is 42.7 Å². The lowest BCUT2D eigenvalue weighted by Crippen LogP contribution is -2.51. The van der Waals surface area contributed by atoms with Crippen LogP contribution in [0, 0.1) is 91.7 Å². The van der Waals surface area contributed by atoms with E-state index in [1.807, 2.05) is 111 Å². The lowest BCUT2D eigenvalue weighted by molar-refractivity contribution is -0.181. The van der Waals surface area contributed by atoms with Crippen molar-refractivity contribution in [1.82, 2.24) is 0 Å². The van der Waals surface area contributed by atoms with E-state index < -0.39 is 39.3 Å². The second-order valence-electron chi connectivity index (χ2n) is 32.5. The Balaban J connectivity index is 0.000000118. The summed E-state index contributed by atoms with van der Waals surface area (Å²) in [5.74, 6) is 0.304. The molecule has 0 aromatic rings. The fraction of sp³-hybridized carbons (Fsp3) is 0.857. The van der Waals surface area contributed by atoms with E-state index in [9.17, 15) is 47.9 Å². The summed E-state index contributed by atoms with van der Waals surface area (Å²) in [4.78, 5) is 119. The smallest absolute Gasteiger partial charge is 0.312 e. The van der Waals surface area contributed by atoms with Gasteiger partial charge in [0.2, 0.25) is 0 Å². The van der Waals surface area contributed by atoms with Crippen LogP contribution < -0.4 is 0 Å². The molecule has 25 atom stereocenters. The topological polar surface area (TPSA) is 272 Å². The molecule has 7 saturated carbocycles. The Morgan fingerprint density at radius 3 is 1.38 bits per heavy atom. The van der Waals surface area contributed by atoms with Gasteiger partial charge < -0.3 is 52.1 Å². The Kier molecular flexibility index (Phi) is 18.3. The Morgan fingerprint density at radius 1 is 0.424 bits per heavy atom. The van der Waals surface area contributed by atoms with E-state index in [2.05, 4.69) is 0 Å². The van der Waals surface area contributed by atoms with Gasteiger partial charge in [-0.15, -0.1) is 11.8 Å². The van der Waals surface area contributed by atoms with Crippen LogP contribution in [0.15, 0.2) is 0 Å². The molecule has 21 nitrogen and oxygen atoms in total. The Hall–Kier alpha value is -4.99. The standard InChI is InChI=1S/2C15H22O4.C14H20O4.C13H18O5.C13H18O4S/c1-5-14(2,3)12(16)18-10-8-6-9-11(10)19-13(17)15(9,4)7-8;1-4-15(2,3)14(17)19-11-8-5-6-9-10(7-8)13(16)18-12(9)11;1-4-14(2,3)13(16)18-10-7-5-8-9(6-7)12(15)17-11(8)10;1-4-13(2,3)12(15)18-9-7-5-6-8(16-7)10(9)17-11(6)14;1-4-13(2,3)12(15)17-8-7-5-6-10(18-7)9(8)16-11(6)14/h8-11H,5-7H2,1-4H3;8-12H,4-7H2,1-3H3;7-11H,4-6H2,1-3H3;2*6-10H,4-5H2,1-3H3. The molecular formula is C70H100O21S. The van der Waals surface area contributed by atoms with Gasteiger partial charge in [-0.3, -0.25) is 47.9 Å². The van der Waals surface area contributed by atoms with Crippen molar-refractivity contribution in [1.29, 1.82) is 0 Å². The number of rotatable bonds is 15. The van der Waals surface area contributed by atoms with Gasteiger partial charge in [-0.05, 0) is 166 Å². The fourth-order valence-corrected chi connectivity index (χ4v) is 18.5. The van der Waals surface area contributed by atoms with Gasteiger partial charge in [-0.2, -0.15) is 0 Å². The van der Waals surface area contributed by atoms with Crippen LogP contribution in [0.5, 0.6) is 0 Å². The van der Waals surface area contributed by atoms with Crippen molar-refractivity contribution in [3.05, 3.63) is 0 Å². The van der Waals surface area contributed by atoms with E-state index in [4.69, 9.17) is 52.1 Å². The molecule has 9 saturated heterocycles. The minimum absolute atomic E-state index is 0.0409. The molecule has 16 rings (SSSR count). The number of fused-ring (bicyclic) bond motifs is 5. The van der Waals surface area contributed by atoms with Crippen molar-refractivity contribution in [2.45, 2.75) is 284 Å². The van der Waals surface area contributed by atoms with Crippen molar-refractivity contribution in [2.75, 3.05) is 0 Å². The van der Waals surface area contributed by atoms with Crippen LogP contribution in [-0.4, -0.2) is 143 Å². The van der Waals surface area contributed by atoms with Gasteiger partial charge in [0, 0.05) is 40.8 Å². The zero-order valence-corrected chi connectivity index (χ0v) is 57.6. The van der Waals surface area contributed by atoms with Crippen LogP contribution in [-0.2, 0) is 100 Å². The fourth-order valence-electron chi connectivity index (χ4n) is 16.6. The molecule has 25 unspecified atom stereocenters. The molecule has 512 valence electrons. The minimum Gasteiger partial charge on any atom is -0.458 e. The molecule has 92 heavy (non-hydrogen) atoms. The molecular weight excluding hydrogens is 1210 g/mol. The van der Waals surface area contributed by atoms with Crippen LogP contribution in [0.25, 0.3) is 0 Å². The molecule has 0 aromatic carbocycles. The van der Waals surface area contributed by atoms with Crippen LogP contribution >= 0.6 is 11.8 Å². The highest BCUT2D eigenvalue weighted by Crippen LogP contribution is 2.63. The van der Waals surface area contributed by atoms with Gasteiger partial charge in [0.25, 0.3) is 0 Å². The maximum Gasteiger partial charge on any atom is 0.312 e. The third-order valence-corrected chi connectivity index (χ3v) is 26.8. The summed E-state index contributed by atoms with van der Waals surface area (Å²) in [6, 6.07) is 0. The first-order valence-electron chi connectivity index (χ1n) is 34.4. The van der Waals surface area contributed by atoms with E-state index in [1.165, 1.54) is 0 Å². The largest absolute Gasteiger partial charge is 0.458 e. The highest BCUT2D eigenvalue weighted by atomic mass is 32.2. The van der Waals surface area contributed by atoms with Crippen molar-refractivity contribution >= 4 is 71.5 Å². The van der Waals surface area contributed by atoms with E-state index >= 15 is 0 Å². The van der Waals surface area contributed by atoms with E-state index in [1.54, 1.807) is 11.8 Å². The van der Waals surface area contributed by atoms with Crippen LogP contribution in [0.3, 0.4) is 0 Å². The molecule has 9 heterocycles. The maximum absolute atomic E-state index is 12.2. The molecule has 0 N–H and O–H groups in total. The SMILES string of the molecule is CCC(C)(C)C(=O)OC1C2CC3C(=O)OC1C3C2.CCC(C)(C)C(=O)OC1C2CC3C(=O)OC1C3O2.CCC(C)(C)C(=O)OC1C2CC3C(=O)OC1C3S2.CCC(C)(C)C(=O)OC1C2CC3C1OC(=O)C3(C)C2.CCC(C)(C)C(=O)OC1C2CCC3C(C2)C(=O)OC31. The third-order valence-electron chi connectivity index (χ3n) is 25.0. The monoisotopic (exact) mass is 1310 g/mol. The zero-order valence-electron chi connectivity index (χ0n) is 56.7. The second kappa shape index (κ2) is 24.6. The zero-order chi connectivity index (χ0) is 67.0. The number of ether oxygens (including phenoxy) is 11. The second-order valence-corrected chi connectivity index (χ2v) is 34.0. The number of hydrogen-bond donors (Lipinski definition) is 0. The van der Waals surface area contributed by atoms with E-state index in [0.29, 0.717) is 36.5 Å². The van der Waals surface area contributed by atoms with Gasteiger partial charge in [-0.1, -0.05) is 34.6 Å². The molecule has 16 aliphatic rings. The Morgan fingerprint density at radius 2 is 0.848 bits per heavy atom. The van der Waals surface area contributed by atoms with Gasteiger partial charge >= 0.3 is 59.7 Å². The average molecular weight is 1310 g/mol. The molecule has 7 aliphatic carbocycles. The summed E-state index contributed by atoms with van der Waals surface area (Å²) in [6.07, 6.45) is 8.81. The summed E-state index contributed by atoms with van der Waals surface area (Å²) in [5, 5.41) is 0.457. The van der Waals surface area contributed by atoms with Crippen molar-refractivity contribution in [3.63, 3.8) is 0 Å². The van der Waals surface area contributed by atoms with E-state index in [0.717, 1.165) is 77.0 Å². The first kappa shape index (κ1) is 68.4. The summed E-state index contributed by atoms with van der Waals surface area (Å²) >= 11 is 1.76. The first-order chi connectivity index (χ1) is 43.0. The molecule has 9 aliphatic heterocycles. The molecule has 0 aromatic heterocycles. The molecule has 0 spiro atoms. The lowest BCUT2D eigenvalue weighted by atomic mass is 9.63. The molecule has 0 amide bonds. The highest BCUT2D eigenvalue weighted by Gasteiger charge is 2.71. The van der Waals surface area contributed by atoms with Crippen molar-refractivity contribution in [2.24, 2.45) is 91.7 Å². The average Bonchev–Trinajstić information content (AvgIpc) is 1.56. The normalized spacial score (nSPS) is 41.4. The number of hydrogen-bond acceptors (Lipinski definition) is 22. The Bertz CT molecular complexity index is 2790. The predicted molar refractivity (Wildman–Crippen MR) is 328 cm³/mol. The molecule has 0 radical (unpaired) electrons. The molecule has 16 fully saturated rings. The predicted octanol–water partition coefficient (Wildman–Crippen LogP) is 9.34. The van der Waals surface area contributed by atoms with Gasteiger partial charge in [0.15, 0.2) is 24.4 Å².